The number of nitrogens with one attached hydrogen (secondary N) is 1. The van der Waals surface area contributed by atoms with Crippen molar-refractivity contribution in [1.29, 1.82) is 0 Å². The van der Waals surface area contributed by atoms with Gasteiger partial charge in [0.15, 0.2) is 0 Å². The van der Waals surface area contributed by atoms with Crippen LogP contribution in [0.15, 0.2) is 30.3 Å². The van der Waals surface area contributed by atoms with E-state index in [1.165, 1.54) is 20.3 Å². The number of amides is 1. The van der Waals surface area contributed by atoms with Crippen molar-refractivity contribution in [3.05, 3.63) is 51.8 Å². The van der Waals surface area contributed by atoms with E-state index in [2.05, 4.69) is 10.2 Å². The minimum absolute atomic E-state index is 0.167. The molecule has 0 bridgehead atoms. The van der Waals surface area contributed by atoms with E-state index < -0.39 is 0 Å². The van der Waals surface area contributed by atoms with Crippen LogP contribution in [0.4, 0.5) is 10.1 Å². The van der Waals surface area contributed by atoms with Gasteiger partial charge in [0.05, 0.1) is 31.5 Å². The van der Waals surface area contributed by atoms with Crippen LogP contribution in [0.25, 0.3) is 0 Å². The molecule has 1 aliphatic rings. The molecule has 2 aromatic rings. The fraction of sp³-hybridized carbons (Fsp3) is 0.381. The van der Waals surface area contributed by atoms with Crippen molar-refractivity contribution in [2.24, 2.45) is 0 Å². The first-order valence-electron chi connectivity index (χ1n) is 9.50. The number of carbonyl (C=O) groups is 1. The summed E-state index contributed by atoms with van der Waals surface area (Å²) in [5, 5.41) is 3.66. The third-order valence-electron chi connectivity index (χ3n) is 5.02. The third-order valence-corrected chi connectivity index (χ3v) is 5.67. The highest BCUT2D eigenvalue weighted by atomic mass is 35.5. The molecule has 30 heavy (non-hydrogen) atoms. The number of anilines is 1. The first kappa shape index (κ1) is 22.6. The van der Waals surface area contributed by atoms with Gasteiger partial charge in [0.1, 0.15) is 17.3 Å². The minimum atomic E-state index is -0.295. The molecule has 1 amide bonds. The van der Waals surface area contributed by atoms with Gasteiger partial charge < -0.3 is 14.8 Å². The Balaban J connectivity index is 1.53. The third kappa shape index (κ3) is 5.55. The maximum atomic E-state index is 14.0. The molecule has 0 saturated carbocycles. The highest BCUT2D eigenvalue weighted by molar-refractivity contribution is 6.32. The zero-order chi connectivity index (χ0) is 21.7. The van der Waals surface area contributed by atoms with Crippen molar-refractivity contribution in [2.45, 2.75) is 6.54 Å². The Bertz CT molecular complexity index is 885. The maximum absolute atomic E-state index is 14.0. The van der Waals surface area contributed by atoms with E-state index in [-0.39, 0.29) is 18.3 Å². The summed E-state index contributed by atoms with van der Waals surface area (Å²) in [6.45, 7) is 3.51. The van der Waals surface area contributed by atoms with Gasteiger partial charge in [-0.2, -0.15) is 0 Å². The van der Waals surface area contributed by atoms with Crippen LogP contribution in [0, 0.1) is 5.82 Å². The van der Waals surface area contributed by atoms with Crippen molar-refractivity contribution in [1.82, 2.24) is 9.80 Å². The van der Waals surface area contributed by atoms with Crippen LogP contribution in [-0.4, -0.2) is 62.7 Å². The number of hydrogen-bond donors (Lipinski definition) is 1. The van der Waals surface area contributed by atoms with Crippen LogP contribution in [0.5, 0.6) is 11.5 Å². The predicted molar refractivity (Wildman–Crippen MR) is 116 cm³/mol. The normalized spacial score (nSPS) is 15.1. The quantitative estimate of drug-likeness (QED) is 0.685. The lowest BCUT2D eigenvalue weighted by molar-refractivity contribution is -0.117. The SMILES string of the molecule is COc1cc(OC)c(NC(=O)CN2CCN(Cc3c(F)cccc3Cl)CC2)cc1Cl. The summed E-state index contributed by atoms with van der Waals surface area (Å²) in [5.41, 5.74) is 0.995. The maximum Gasteiger partial charge on any atom is 0.238 e. The van der Waals surface area contributed by atoms with Crippen LogP contribution in [0.1, 0.15) is 5.56 Å². The van der Waals surface area contributed by atoms with E-state index in [0.717, 1.165) is 13.1 Å². The molecule has 9 heteroatoms. The van der Waals surface area contributed by atoms with E-state index in [1.54, 1.807) is 24.3 Å². The summed E-state index contributed by atoms with van der Waals surface area (Å²) in [6.07, 6.45) is 0. The van der Waals surface area contributed by atoms with E-state index in [9.17, 15) is 9.18 Å². The lowest BCUT2D eigenvalue weighted by Crippen LogP contribution is -2.48. The average Bonchev–Trinajstić information content (AvgIpc) is 2.72. The molecule has 3 rings (SSSR count). The Morgan fingerprint density at radius 2 is 1.70 bits per heavy atom. The largest absolute Gasteiger partial charge is 0.495 e. The second kappa shape index (κ2) is 10.3. The van der Waals surface area contributed by atoms with Crippen LogP contribution in [-0.2, 0) is 11.3 Å². The zero-order valence-corrected chi connectivity index (χ0v) is 18.4. The minimum Gasteiger partial charge on any atom is -0.495 e. The van der Waals surface area contributed by atoms with Gasteiger partial charge in [-0.3, -0.25) is 14.6 Å². The van der Waals surface area contributed by atoms with Gasteiger partial charge in [-0.1, -0.05) is 29.3 Å². The first-order valence-corrected chi connectivity index (χ1v) is 10.3. The number of methoxy groups -OCH3 is 2. The summed E-state index contributed by atoms with van der Waals surface area (Å²) in [7, 11) is 3.03. The standard InChI is InChI=1S/C21H24Cl2FN3O3/c1-29-19-11-20(30-2)18(10-16(19)23)25-21(28)13-27-8-6-26(7-9-27)12-14-15(22)4-3-5-17(14)24/h3-5,10-11H,6-9,12-13H2,1-2H3,(H,25,28). The Hall–Kier alpha value is -2.06. The molecule has 1 saturated heterocycles. The van der Waals surface area contributed by atoms with Crippen molar-refractivity contribution in [3.63, 3.8) is 0 Å². The summed E-state index contributed by atoms with van der Waals surface area (Å²) >= 11 is 12.3. The zero-order valence-electron chi connectivity index (χ0n) is 16.9. The van der Waals surface area contributed by atoms with Gasteiger partial charge in [-0.15, -0.1) is 0 Å². The van der Waals surface area contributed by atoms with Gasteiger partial charge >= 0.3 is 0 Å². The van der Waals surface area contributed by atoms with E-state index in [0.29, 0.717) is 52.4 Å². The van der Waals surface area contributed by atoms with Gasteiger partial charge in [-0.05, 0) is 18.2 Å². The molecular formula is C21H24Cl2FN3O3. The predicted octanol–water partition coefficient (Wildman–Crippen LogP) is 3.91. The molecule has 1 aliphatic heterocycles. The van der Waals surface area contributed by atoms with E-state index in [4.69, 9.17) is 32.7 Å². The lowest BCUT2D eigenvalue weighted by atomic mass is 10.2. The van der Waals surface area contributed by atoms with E-state index >= 15 is 0 Å². The molecule has 0 aliphatic carbocycles. The lowest BCUT2D eigenvalue weighted by Gasteiger charge is -2.34. The van der Waals surface area contributed by atoms with Gasteiger partial charge in [-0.25, -0.2) is 4.39 Å². The molecule has 0 atom stereocenters. The molecule has 0 aromatic heterocycles. The fourth-order valence-corrected chi connectivity index (χ4v) is 3.83. The molecule has 6 nitrogen and oxygen atoms in total. The molecule has 2 aromatic carbocycles. The summed E-state index contributed by atoms with van der Waals surface area (Å²) in [6, 6.07) is 7.95. The Kier molecular flexibility index (Phi) is 7.77. The average molecular weight is 456 g/mol. The molecule has 162 valence electrons. The second-order valence-corrected chi connectivity index (χ2v) is 7.80. The number of hydrogen-bond acceptors (Lipinski definition) is 5. The molecule has 1 fully saturated rings. The summed E-state index contributed by atoms with van der Waals surface area (Å²) < 4.78 is 24.5. The summed E-state index contributed by atoms with van der Waals surface area (Å²) in [5.74, 6) is 0.477. The van der Waals surface area contributed by atoms with Crippen LogP contribution >= 0.6 is 23.2 Å². The summed E-state index contributed by atoms with van der Waals surface area (Å²) in [4.78, 5) is 16.7. The molecular weight excluding hydrogens is 432 g/mol. The highest BCUT2D eigenvalue weighted by Gasteiger charge is 2.21. The Morgan fingerprint density at radius 3 is 2.33 bits per heavy atom. The van der Waals surface area contributed by atoms with Crippen LogP contribution < -0.4 is 14.8 Å². The molecule has 0 spiro atoms. The van der Waals surface area contributed by atoms with Crippen molar-refractivity contribution in [2.75, 3.05) is 52.3 Å². The van der Waals surface area contributed by atoms with Crippen LogP contribution in [0.3, 0.4) is 0 Å². The number of rotatable bonds is 7. The van der Waals surface area contributed by atoms with Crippen molar-refractivity contribution in [3.8, 4) is 11.5 Å². The van der Waals surface area contributed by atoms with E-state index in [1.807, 2.05) is 4.90 Å². The fourth-order valence-electron chi connectivity index (χ4n) is 3.36. The molecule has 1 heterocycles. The Morgan fingerprint density at radius 1 is 1.03 bits per heavy atom. The number of ether oxygens (including phenoxy) is 2. The topological polar surface area (TPSA) is 54.0 Å². The number of carbonyl (C=O) groups excluding carboxylic acids is 1. The number of benzene rings is 2. The van der Waals surface area contributed by atoms with Gasteiger partial charge in [0.2, 0.25) is 5.91 Å². The Labute approximate surface area is 185 Å². The number of nitrogens with zero attached hydrogens (tertiary/aromatic N) is 2. The second-order valence-electron chi connectivity index (χ2n) is 6.99. The van der Waals surface area contributed by atoms with Crippen LogP contribution in [0.2, 0.25) is 10.0 Å². The number of halogens is 3. The van der Waals surface area contributed by atoms with Gasteiger partial charge in [0.25, 0.3) is 0 Å². The highest BCUT2D eigenvalue weighted by Crippen LogP contribution is 2.35. The van der Waals surface area contributed by atoms with Gasteiger partial charge in [0, 0.05) is 49.4 Å². The molecule has 0 radical (unpaired) electrons. The molecule has 0 unspecified atom stereocenters. The van der Waals surface area contributed by atoms with Crippen molar-refractivity contribution < 1.29 is 18.7 Å². The first-order chi connectivity index (χ1) is 14.4. The monoisotopic (exact) mass is 455 g/mol. The smallest absolute Gasteiger partial charge is 0.238 e. The van der Waals surface area contributed by atoms with Crippen molar-refractivity contribution >= 4 is 34.8 Å². The number of piperazine rings is 1. The molecule has 1 N–H and O–H groups in total.